The number of nitrogens with one attached hydrogen (secondary N) is 1. The normalized spacial score (nSPS) is 17.8. The molecule has 0 aliphatic carbocycles. The van der Waals surface area contributed by atoms with Gasteiger partial charge in [-0.1, -0.05) is 0 Å². The van der Waals surface area contributed by atoms with Crippen molar-refractivity contribution in [1.82, 2.24) is 14.5 Å². The zero-order chi connectivity index (χ0) is 19.5. The van der Waals surface area contributed by atoms with Gasteiger partial charge in [-0.05, 0) is 25.0 Å². The zero-order valence-electron chi connectivity index (χ0n) is 14.5. The molecule has 0 aromatic carbocycles. The summed E-state index contributed by atoms with van der Waals surface area (Å²) in [7, 11) is -0.930. The van der Waals surface area contributed by atoms with Gasteiger partial charge in [0.15, 0.2) is 0 Å². The van der Waals surface area contributed by atoms with E-state index >= 15 is 0 Å². The molecule has 26 heavy (non-hydrogen) atoms. The molecule has 2 amide bonds. The molecule has 11 heteroatoms. The molecule has 0 radical (unpaired) electrons. The highest BCUT2D eigenvalue weighted by molar-refractivity contribution is 7.89. The SMILES string of the molecule is CN(C)C(=O)CCNC(=O)C1CCCN1S(=O)(=O)c1ccc(C(=O)O)o1. The van der Waals surface area contributed by atoms with Crippen molar-refractivity contribution in [2.24, 2.45) is 0 Å². The van der Waals surface area contributed by atoms with Crippen LogP contribution in [0, 0.1) is 0 Å². The van der Waals surface area contributed by atoms with Crippen LogP contribution in [0.25, 0.3) is 0 Å². The lowest BCUT2D eigenvalue weighted by Crippen LogP contribution is -2.46. The van der Waals surface area contributed by atoms with Crippen LogP contribution in [0.5, 0.6) is 0 Å². The summed E-state index contributed by atoms with van der Waals surface area (Å²) < 4.78 is 31.2. The van der Waals surface area contributed by atoms with Crippen LogP contribution < -0.4 is 5.32 Å². The molecule has 1 aromatic rings. The molecule has 1 aliphatic rings. The van der Waals surface area contributed by atoms with Gasteiger partial charge in [-0.15, -0.1) is 0 Å². The van der Waals surface area contributed by atoms with Gasteiger partial charge in [-0.3, -0.25) is 9.59 Å². The molecular weight excluding hydrogens is 366 g/mol. The molecule has 0 spiro atoms. The van der Waals surface area contributed by atoms with Crippen molar-refractivity contribution in [1.29, 1.82) is 0 Å². The number of hydrogen-bond donors (Lipinski definition) is 2. The van der Waals surface area contributed by atoms with Crippen molar-refractivity contribution in [2.75, 3.05) is 27.2 Å². The summed E-state index contributed by atoms with van der Waals surface area (Å²) in [6.45, 7) is 0.226. The van der Waals surface area contributed by atoms with Crippen LogP contribution in [-0.4, -0.2) is 73.7 Å². The minimum Gasteiger partial charge on any atom is -0.475 e. The summed E-state index contributed by atoms with van der Waals surface area (Å²) >= 11 is 0. The lowest BCUT2D eigenvalue weighted by molar-refractivity contribution is -0.129. The minimum absolute atomic E-state index is 0.101. The zero-order valence-corrected chi connectivity index (χ0v) is 15.3. The average Bonchev–Trinajstić information content (AvgIpc) is 3.24. The highest BCUT2D eigenvalue weighted by atomic mass is 32.2. The van der Waals surface area contributed by atoms with Gasteiger partial charge in [-0.25, -0.2) is 13.2 Å². The van der Waals surface area contributed by atoms with Gasteiger partial charge < -0.3 is 19.7 Å². The number of carbonyl (C=O) groups excluding carboxylic acids is 2. The van der Waals surface area contributed by atoms with E-state index < -0.39 is 38.8 Å². The molecular formula is C15H21N3O7S. The number of rotatable bonds is 7. The third-order valence-corrected chi connectivity index (χ3v) is 5.78. The van der Waals surface area contributed by atoms with Gasteiger partial charge in [0.2, 0.25) is 22.7 Å². The molecule has 2 rings (SSSR count). The summed E-state index contributed by atoms with van der Waals surface area (Å²) in [5.74, 6) is -2.53. The molecule has 1 atom stereocenters. The second-order valence-corrected chi connectivity index (χ2v) is 7.85. The van der Waals surface area contributed by atoms with Gasteiger partial charge in [0.05, 0.1) is 0 Å². The van der Waals surface area contributed by atoms with Crippen molar-refractivity contribution in [3.05, 3.63) is 17.9 Å². The highest BCUT2D eigenvalue weighted by Gasteiger charge is 2.41. The molecule has 0 bridgehead atoms. The summed E-state index contributed by atoms with van der Waals surface area (Å²) in [5.41, 5.74) is 0. The van der Waals surface area contributed by atoms with Crippen molar-refractivity contribution in [2.45, 2.75) is 30.4 Å². The summed E-state index contributed by atoms with van der Waals surface area (Å²) in [6, 6.07) is 1.18. The molecule has 10 nitrogen and oxygen atoms in total. The van der Waals surface area contributed by atoms with E-state index in [1.807, 2.05) is 0 Å². The Labute approximate surface area is 150 Å². The Balaban J connectivity index is 2.07. The monoisotopic (exact) mass is 387 g/mol. The first-order valence-corrected chi connectivity index (χ1v) is 9.41. The molecule has 1 aromatic heterocycles. The number of carbonyl (C=O) groups is 3. The van der Waals surface area contributed by atoms with Gasteiger partial charge in [-0.2, -0.15) is 4.31 Å². The van der Waals surface area contributed by atoms with Crippen molar-refractivity contribution < 1.29 is 32.3 Å². The highest BCUT2D eigenvalue weighted by Crippen LogP contribution is 2.27. The quantitative estimate of drug-likeness (QED) is 0.657. The number of nitrogens with zero attached hydrogens (tertiary/aromatic N) is 2. The fraction of sp³-hybridized carbons (Fsp3) is 0.533. The standard InChI is InChI=1S/C15H21N3O7S/c1-17(2)12(19)7-8-16-14(20)10-4-3-9-18(10)26(23,24)13-6-5-11(25-13)15(21)22/h5-6,10H,3-4,7-9H2,1-2H3,(H,16,20)(H,21,22). The van der Waals surface area contributed by atoms with Crippen LogP contribution in [0.15, 0.2) is 21.6 Å². The van der Waals surface area contributed by atoms with Crippen LogP contribution in [0.2, 0.25) is 0 Å². The Kier molecular flexibility index (Phi) is 6.03. The van der Waals surface area contributed by atoms with E-state index in [2.05, 4.69) is 5.32 Å². The molecule has 2 N–H and O–H groups in total. The Morgan fingerprint density at radius 2 is 2.04 bits per heavy atom. The van der Waals surface area contributed by atoms with Gasteiger partial charge in [0.1, 0.15) is 6.04 Å². The predicted octanol–water partition coefficient (Wildman–Crippen LogP) is -0.275. The Morgan fingerprint density at radius 3 is 2.62 bits per heavy atom. The number of carboxylic acids is 1. The van der Waals surface area contributed by atoms with Crippen LogP contribution in [0.4, 0.5) is 0 Å². The van der Waals surface area contributed by atoms with Crippen molar-refractivity contribution >= 4 is 27.8 Å². The summed E-state index contributed by atoms with van der Waals surface area (Å²) in [4.78, 5) is 36.1. The van der Waals surface area contributed by atoms with E-state index in [0.717, 1.165) is 16.4 Å². The average molecular weight is 387 g/mol. The molecule has 144 valence electrons. The first-order valence-electron chi connectivity index (χ1n) is 7.97. The van der Waals surface area contributed by atoms with E-state index in [1.54, 1.807) is 14.1 Å². The molecule has 1 aliphatic heterocycles. The Morgan fingerprint density at radius 1 is 1.35 bits per heavy atom. The van der Waals surface area contributed by atoms with Crippen molar-refractivity contribution in [3.63, 3.8) is 0 Å². The summed E-state index contributed by atoms with van der Waals surface area (Å²) in [6.07, 6.45) is 0.929. The number of carboxylic acid groups (broad SMARTS) is 1. The van der Waals surface area contributed by atoms with Gasteiger partial charge in [0.25, 0.3) is 10.0 Å². The fourth-order valence-electron chi connectivity index (χ4n) is 2.61. The minimum atomic E-state index is -4.13. The molecule has 1 fully saturated rings. The third-order valence-electron chi connectivity index (χ3n) is 4.00. The maximum absolute atomic E-state index is 12.7. The lowest BCUT2D eigenvalue weighted by atomic mass is 10.2. The number of amides is 2. The first-order chi connectivity index (χ1) is 12.1. The van der Waals surface area contributed by atoms with Crippen molar-refractivity contribution in [3.8, 4) is 0 Å². The second-order valence-electron chi connectivity index (χ2n) is 6.03. The lowest BCUT2D eigenvalue weighted by Gasteiger charge is -2.22. The number of aromatic carboxylic acids is 1. The maximum atomic E-state index is 12.7. The summed E-state index contributed by atoms with van der Waals surface area (Å²) in [5, 5.41) is 10.9. The van der Waals surface area contributed by atoms with Crippen LogP contribution >= 0.6 is 0 Å². The molecule has 2 heterocycles. The molecule has 0 saturated carbocycles. The topological polar surface area (TPSA) is 137 Å². The first kappa shape index (κ1) is 19.9. The molecule has 1 saturated heterocycles. The van der Waals surface area contributed by atoms with E-state index in [9.17, 15) is 22.8 Å². The number of sulfonamides is 1. The van der Waals surface area contributed by atoms with E-state index in [4.69, 9.17) is 9.52 Å². The maximum Gasteiger partial charge on any atom is 0.371 e. The van der Waals surface area contributed by atoms with Crippen LogP contribution in [0.1, 0.15) is 29.8 Å². The second kappa shape index (κ2) is 7.87. The Hall–Kier alpha value is -2.40. The van der Waals surface area contributed by atoms with Gasteiger partial charge in [0, 0.05) is 33.6 Å². The fourth-order valence-corrected chi connectivity index (χ4v) is 4.19. The number of furan rings is 1. The largest absolute Gasteiger partial charge is 0.475 e. The number of hydrogen-bond acceptors (Lipinski definition) is 6. The Bertz CT molecular complexity index is 800. The van der Waals surface area contributed by atoms with Crippen LogP contribution in [-0.2, 0) is 19.6 Å². The van der Waals surface area contributed by atoms with Gasteiger partial charge >= 0.3 is 5.97 Å². The molecule has 1 unspecified atom stereocenters. The van der Waals surface area contributed by atoms with Crippen LogP contribution in [0.3, 0.4) is 0 Å². The van der Waals surface area contributed by atoms with E-state index in [1.165, 1.54) is 4.90 Å². The third kappa shape index (κ3) is 4.22. The van der Waals surface area contributed by atoms with E-state index in [0.29, 0.717) is 12.8 Å². The predicted molar refractivity (Wildman–Crippen MR) is 88.9 cm³/mol. The van der Waals surface area contributed by atoms with E-state index in [-0.39, 0.29) is 25.4 Å². The smallest absolute Gasteiger partial charge is 0.371 e.